The standard InChI is InChI=1S/C15H30N2O/c1-6-7-10(2)17-14(18)12-8-9-13(16)11(3)15(12,4)5/h10-13H,6-9,16H2,1-5H3,(H,17,18). The molecule has 0 heterocycles. The molecule has 3 nitrogen and oxygen atoms in total. The monoisotopic (exact) mass is 254 g/mol. The van der Waals surface area contributed by atoms with E-state index in [1.807, 2.05) is 0 Å². The van der Waals surface area contributed by atoms with Crippen LogP contribution in [0.3, 0.4) is 0 Å². The van der Waals surface area contributed by atoms with E-state index in [1.165, 1.54) is 0 Å². The van der Waals surface area contributed by atoms with Crippen molar-refractivity contribution < 1.29 is 4.79 Å². The molecule has 3 N–H and O–H groups in total. The molecule has 0 radical (unpaired) electrons. The number of hydrogen-bond donors (Lipinski definition) is 2. The van der Waals surface area contributed by atoms with Gasteiger partial charge in [-0.05, 0) is 37.5 Å². The molecule has 1 aliphatic rings. The van der Waals surface area contributed by atoms with E-state index in [1.54, 1.807) is 0 Å². The molecular weight excluding hydrogens is 224 g/mol. The lowest BCUT2D eigenvalue weighted by Gasteiger charge is -2.46. The molecule has 1 aliphatic carbocycles. The van der Waals surface area contributed by atoms with E-state index in [9.17, 15) is 4.79 Å². The van der Waals surface area contributed by atoms with Crippen LogP contribution < -0.4 is 11.1 Å². The van der Waals surface area contributed by atoms with Crippen LogP contribution in [-0.4, -0.2) is 18.0 Å². The second-order valence-corrected chi connectivity index (χ2v) is 6.60. The van der Waals surface area contributed by atoms with Gasteiger partial charge in [-0.2, -0.15) is 0 Å². The molecule has 3 heteroatoms. The molecular formula is C15H30N2O. The summed E-state index contributed by atoms with van der Waals surface area (Å²) in [5.41, 5.74) is 6.13. The summed E-state index contributed by atoms with van der Waals surface area (Å²) in [6.45, 7) is 10.8. The molecule has 0 saturated heterocycles. The van der Waals surface area contributed by atoms with Gasteiger partial charge in [0.15, 0.2) is 0 Å². The number of nitrogens with one attached hydrogen (secondary N) is 1. The Balaban J connectivity index is 2.67. The van der Waals surface area contributed by atoms with Gasteiger partial charge in [0.2, 0.25) is 5.91 Å². The molecule has 1 amide bonds. The van der Waals surface area contributed by atoms with Crippen molar-refractivity contribution in [3.63, 3.8) is 0 Å². The summed E-state index contributed by atoms with van der Waals surface area (Å²) in [6, 6.07) is 0.515. The van der Waals surface area contributed by atoms with Crippen molar-refractivity contribution in [2.45, 2.75) is 72.4 Å². The number of carbonyl (C=O) groups is 1. The highest BCUT2D eigenvalue weighted by molar-refractivity contribution is 5.79. The second-order valence-electron chi connectivity index (χ2n) is 6.60. The van der Waals surface area contributed by atoms with Crippen LogP contribution in [-0.2, 0) is 4.79 Å². The predicted octanol–water partition coefficient (Wildman–Crippen LogP) is 2.69. The smallest absolute Gasteiger partial charge is 0.223 e. The fraction of sp³-hybridized carbons (Fsp3) is 0.933. The quantitative estimate of drug-likeness (QED) is 0.810. The van der Waals surface area contributed by atoms with Crippen molar-refractivity contribution in [1.29, 1.82) is 0 Å². The lowest BCUT2D eigenvalue weighted by Crippen LogP contribution is -2.52. The maximum absolute atomic E-state index is 12.4. The van der Waals surface area contributed by atoms with Crippen LogP contribution in [0.1, 0.15) is 60.3 Å². The fourth-order valence-electron chi connectivity index (χ4n) is 3.17. The van der Waals surface area contributed by atoms with Gasteiger partial charge in [-0.3, -0.25) is 4.79 Å². The van der Waals surface area contributed by atoms with Crippen LogP contribution in [0.25, 0.3) is 0 Å². The largest absolute Gasteiger partial charge is 0.353 e. The SMILES string of the molecule is CCCC(C)NC(=O)C1CCC(N)C(C)C1(C)C. The van der Waals surface area contributed by atoms with E-state index in [4.69, 9.17) is 5.73 Å². The molecule has 0 spiro atoms. The van der Waals surface area contributed by atoms with E-state index in [0.29, 0.717) is 5.92 Å². The van der Waals surface area contributed by atoms with Crippen molar-refractivity contribution in [1.82, 2.24) is 5.32 Å². The maximum atomic E-state index is 12.4. The zero-order valence-electron chi connectivity index (χ0n) is 12.6. The summed E-state index contributed by atoms with van der Waals surface area (Å²) in [4.78, 5) is 12.4. The van der Waals surface area contributed by atoms with Crippen LogP contribution in [0.4, 0.5) is 0 Å². The fourth-order valence-corrected chi connectivity index (χ4v) is 3.17. The average molecular weight is 254 g/mol. The number of hydrogen-bond acceptors (Lipinski definition) is 2. The van der Waals surface area contributed by atoms with Crippen LogP contribution in [0.15, 0.2) is 0 Å². The summed E-state index contributed by atoms with van der Waals surface area (Å²) >= 11 is 0. The summed E-state index contributed by atoms with van der Waals surface area (Å²) in [7, 11) is 0. The molecule has 0 aromatic carbocycles. The number of carbonyl (C=O) groups excluding carboxylic acids is 1. The van der Waals surface area contributed by atoms with Gasteiger partial charge in [-0.15, -0.1) is 0 Å². The molecule has 0 aromatic heterocycles. The van der Waals surface area contributed by atoms with E-state index in [-0.39, 0.29) is 29.3 Å². The van der Waals surface area contributed by atoms with Crippen LogP contribution in [0.5, 0.6) is 0 Å². The third kappa shape index (κ3) is 3.25. The van der Waals surface area contributed by atoms with Crippen molar-refractivity contribution >= 4 is 5.91 Å². The first kappa shape index (κ1) is 15.5. The predicted molar refractivity (Wildman–Crippen MR) is 76.2 cm³/mol. The molecule has 4 unspecified atom stereocenters. The minimum absolute atomic E-state index is 0.00627. The minimum atomic E-state index is -0.00627. The summed E-state index contributed by atoms with van der Waals surface area (Å²) in [5.74, 6) is 0.717. The lowest BCUT2D eigenvalue weighted by atomic mass is 9.61. The first-order valence-electron chi connectivity index (χ1n) is 7.36. The highest BCUT2D eigenvalue weighted by Crippen LogP contribution is 2.44. The molecule has 106 valence electrons. The third-order valence-corrected chi connectivity index (χ3v) is 4.93. The Morgan fingerprint density at radius 1 is 1.44 bits per heavy atom. The minimum Gasteiger partial charge on any atom is -0.353 e. The zero-order chi connectivity index (χ0) is 13.9. The zero-order valence-corrected chi connectivity index (χ0v) is 12.6. The Labute approximate surface area is 112 Å². The lowest BCUT2D eigenvalue weighted by molar-refractivity contribution is -0.133. The molecule has 0 aromatic rings. The van der Waals surface area contributed by atoms with Crippen molar-refractivity contribution in [2.75, 3.05) is 0 Å². The second kappa shape index (κ2) is 6.05. The molecule has 1 saturated carbocycles. The molecule has 0 aliphatic heterocycles. The topological polar surface area (TPSA) is 55.1 Å². The van der Waals surface area contributed by atoms with Gasteiger partial charge in [0.05, 0.1) is 0 Å². The summed E-state index contributed by atoms with van der Waals surface area (Å²) < 4.78 is 0. The number of nitrogens with two attached hydrogens (primary N) is 1. The van der Waals surface area contributed by atoms with Crippen LogP contribution >= 0.6 is 0 Å². The van der Waals surface area contributed by atoms with Crippen molar-refractivity contribution in [3.05, 3.63) is 0 Å². The Morgan fingerprint density at radius 2 is 2.06 bits per heavy atom. The van der Waals surface area contributed by atoms with E-state index in [0.717, 1.165) is 25.7 Å². The van der Waals surface area contributed by atoms with Crippen LogP contribution in [0.2, 0.25) is 0 Å². The Bertz CT molecular complexity index is 288. The van der Waals surface area contributed by atoms with Crippen molar-refractivity contribution in [2.24, 2.45) is 23.0 Å². The van der Waals surface area contributed by atoms with Gasteiger partial charge in [-0.25, -0.2) is 0 Å². The Kier molecular flexibility index (Phi) is 5.20. The van der Waals surface area contributed by atoms with Gasteiger partial charge in [-0.1, -0.05) is 34.1 Å². The number of amides is 1. The normalized spacial score (nSPS) is 32.9. The Hall–Kier alpha value is -0.570. The molecule has 4 atom stereocenters. The van der Waals surface area contributed by atoms with Gasteiger partial charge in [0.25, 0.3) is 0 Å². The van der Waals surface area contributed by atoms with Crippen molar-refractivity contribution in [3.8, 4) is 0 Å². The molecule has 1 fully saturated rings. The first-order chi connectivity index (χ1) is 8.30. The number of rotatable bonds is 4. The highest BCUT2D eigenvalue weighted by Gasteiger charge is 2.45. The third-order valence-electron chi connectivity index (χ3n) is 4.93. The van der Waals surface area contributed by atoms with Gasteiger partial charge >= 0.3 is 0 Å². The van der Waals surface area contributed by atoms with E-state index >= 15 is 0 Å². The van der Waals surface area contributed by atoms with E-state index < -0.39 is 0 Å². The van der Waals surface area contributed by atoms with Gasteiger partial charge in [0, 0.05) is 18.0 Å². The average Bonchev–Trinajstić information content (AvgIpc) is 2.26. The van der Waals surface area contributed by atoms with Crippen LogP contribution in [0, 0.1) is 17.3 Å². The Morgan fingerprint density at radius 3 is 2.61 bits per heavy atom. The molecule has 0 bridgehead atoms. The van der Waals surface area contributed by atoms with Gasteiger partial charge < -0.3 is 11.1 Å². The molecule has 18 heavy (non-hydrogen) atoms. The van der Waals surface area contributed by atoms with E-state index in [2.05, 4.69) is 39.9 Å². The molecule has 1 rings (SSSR count). The maximum Gasteiger partial charge on any atom is 0.223 e. The highest BCUT2D eigenvalue weighted by atomic mass is 16.2. The first-order valence-corrected chi connectivity index (χ1v) is 7.36. The van der Waals surface area contributed by atoms with Gasteiger partial charge in [0.1, 0.15) is 0 Å². The summed E-state index contributed by atoms with van der Waals surface area (Å²) in [5, 5.41) is 3.16. The summed E-state index contributed by atoms with van der Waals surface area (Å²) in [6.07, 6.45) is 4.04.